The Morgan fingerprint density at radius 2 is 2.15 bits per heavy atom. The molecule has 5 heteroatoms. The Morgan fingerprint density at radius 3 is 2.85 bits per heavy atom. The Morgan fingerprint density at radius 1 is 1.35 bits per heavy atom. The molecule has 1 aliphatic rings. The average molecular weight is 406 g/mol. The molecule has 3 nitrogen and oxygen atoms in total. The summed E-state index contributed by atoms with van der Waals surface area (Å²) in [6.45, 7) is 5.48. The zero-order chi connectivity index (χ0) is 14.5. The highest BCUT2D eigenvalue weighted by molar-refractivity contribution is 9.11. The molecule has 1 aromatic rings. The number of rotatable bonds is 4. The molecule has 0 amide bonds. The van der Waals surface area contributed by atoms with Gasteiger partial charge in [0.1, 0.15) is 5.75 Å². The van der Waals surface area contributed by atoms with Gasteiger partial charge in [-0.05, 0) is 57.3 Å². The van der Waals surface area contributed by atoms with Crippen LogP contribution in [-0.4, -0.2) is 32.8 Å². The van der Waals surface area contributed by atoms with Crippen LogP contribution in [0.15, 0.2) is 21.1 Å². The number of ether oxygens (including phenoxy) is 1. The van der Waals surface area contributed by atoms with E-state index in [1.807, 2.05) is 0 Å². The van der Waals surface area contributed by atoms with Gasteiger partial charge in [0, 0.05) is 29.7 Å². The third-order valence-electron chi connectivity index (χ3n) is 3.68. The molecule has 1 saturated heterocycles. The van der Waals surface area contributed by atoms with Crippen LogP contribution in [0.4, 0.5) is 5.69 Å². The number of hydrogen-bond donors (Lipinski definition) is 1. The first-order chi connectivity index (χ1) is 9.65. The van der Waals surface area contributed by atoms with Gasteiger partial charge < -0.3 is 15.0 Å². The molecule has 1 unspecified atom stereocenters. The molecule has 1 aromatic carbocycles. The molecule has 0 aliphatic carbocycles. The molecule has 112 valence electrons. The van der Waals surface area contributed by atoms with Crippen LogP contribution in [0.2, 0.25) is 0 Å². The van der Waals surface area contributed by atoms with Gasteiger partial charge >= 0.3 is 0 Å². The second kappa shape index (κ2) is 7.66. The van der Waals surface area contributed by atoms with Crippen LogP contribution in [0.25, 0.3) is 0 Å². The second-order valence-corrected chi connectivity index (χ2v) is 6.89. The maximum Gasteiger partial charge on any atom is 0.135 e. The van der Waals surface area contributed by atoms with E-state index in [4.69, 9.17) is 4.74 Å². The fraction of sp³-hybridized carbons (Fsp3) is 0.600. The van der Waals surface area contributed by atoms with Crippen molar-refractivity contribution in [1.82, 2.24) is 5.32 Å². The Labute approximate surface area is 138 Å². The number of nitrogens with one attached hydrogen (secondary N) is 1. The standard InChI is InChI=1S/C15H22Br2N2O/c1-3-5-11-10-19(7-4-6-18-11)14-9-15(20-2)13(17)8-12(14)16/h8-9,11,18H,3-7,10H2,1-2H3. The monoisotopic (exact) mass is 404 g/mol. The van der Waals surface area contributed by atoms with Crippen LogP contribution in [-0.2, 0) is 0 Å². The van der Waals surface area contributed by atoms with Crippen LogP contribution < -0.4 is 15.0 Å². The Hall–Kier alpha value is -0.260. The number of methoxy groups -OCH3 is 1. The molecular formula is C15H22Br2N2O. The summed E-state index contributed by atoms with van der Waals surface area (Å²) in [7, 11) is 1.71. The van der Waals surface area contributed by atoms with Crippen molar-refractivity contribution in [3.05, 3.63) is 21.1 Å². The Balaban J connectivity index is 2.24. The van der Waals surface area contributed by atoms with E-state index in [0.717, 1.165) is 34.3 Å². The van der Waals surface area contributed by atoms with E-state index in [1.54, 1.807) is 7.11 Å². The van der Waals surface area contributed by atoms with Crippen molar-refractivity contribution in [1.29, 1.82) is 0 Å². The lowest BCUT2D eigenvalue weighted by molar-refractivity contribution is 0.412. The molecule has 1 aliphatic heterocycles. The third kappa shape index (κ3) is 3.89. The molecule has 1 heterocycles. The quantitative estimate of drug-likeness (QED) is 0.812. The van der Waals surface area contributed by atoms with Crippen molar-refractivity contribution in [2.24, 2.45) is 0 Å². The molecule has 1 atom stereocenters. The molecule has 1 N–H and O–H groups in total. The molecule has 1 fully saturated rings. The average Bonchev–Trinajstić information content (AvgIpc) is 2.65. The first kappa shape index (κ1) is 16.1. The van der Waals surface area contributed by atoms with Crippen molar-refractivity contribution in [2.45, 2.75) is 32.2 Å². The topological polar surface area (TPSA) is 24.5 Å². The second-order valence-electron chi connectivity index (χ2n) is 5.18. The van der Waals surface area contributed by atoms with Gasteiger partial charge in [0.25, 0.3) is 0 Å². The van der Waals surface area contributed by atoms with Crippen molar-refractivity contribution in [3.8, 4) is 5.75 Å². The van der Waals surface area contributed by atoms with Gasteiger partial charge in [-0.1, -0.05) is 13.3 Å². The molecule has 0 bridgehead atoms. The fourth-order valence-corrected chi connectivity index (χ4v) is 4.08. The molecule has 20 heavy (non-hydrogen) atoms. The van der Waals surface area contributed by atoms with Crippen molar-refractivity contribution in [2.75, 3.05) is 31.6 Å². The summed E-state index contributed by atoms with van der Waals surface area (Å²) in [6.07, 6.45) is 3.61. The highest BCUT2D eigenvalue weighted by Crippen LogP contribution is 2.37. The highest BCUT2D eigenvalue weighted by Gasteiger charge is 2.20. The summed E-state index contributed by atoms with van der Waals surface area (Å²) in [6, 6.07) is 4.76. The number of halogens is 2. The fourth-order valence-electron chi connectivity index (χ4n) is 2.68. The van der Waals surface area contributed by atoms with Crippen LogP contribution in [0.1, 0.15) is 26.2 Å². The third-order valence-corrected chi connectivity index (χ3v) is 4.93. The lowest BCUT2D eigenvalue weighted by Gasteiger charge is -2.28. The van der Waals surface area contributed by atoms with E-state index in [1.165, 1.54) is 24.9 Å². The van der Waals surface area contributed by atoms with Gasteiger partial charge in [-0.2, -0.15) is 0 Å². The first-order valence-corrected chi connectivity index (χ1v) is 8.75. The van der Waals surface area contributed by atoms with Crippen molar-refractivity contribution in [3.63, 3.8) is 0 Å². The van der Waals surface area contributed by atoms with Gasteiger partial charge in [-0.25, -0.2) is 0 Å². The Kier molecular flexibility index (Phi) is 6.18. The largest absolute Gasteiger partial charge is 0.495 e. The minimum absolute atomic E-state index is 0.573. The summed E-state index contributed by atoms with van der Waals surface area (Å²) in [5, 5.41) is 3.64. The van der Waals surface area contributed by atoms with Crippen molar-refractivity contribution < 1.29 is 4.74 Å². The SMILES string of the molecule is CCCC1CN(c2cc(OC)c(Br)cc2Br)CCCN1. The summed E-state index contributed by atoms with van der Waals surface area (Å²) >= 11 is 7.21. The predicted molar refractivity (Wildman–Crippen MR) is 91.9 cm³/mol. The maximum atomic E-state index is 5.43. The van der Waals surface area contributed by atoms with Gasteiger partial charge in [0.05, 0.1) is 17.3 Å². The molecule has 2 rings (SSSR count). The van der Waals surface area contributed by atoms with E-state index >= 15 is 0 Å². The van der Waals surface area contributed by atoms with Crippen LogP contribution in [0, 0.1) is 0 Å². The summed E-state index contributed by atoms with van der Waals surface area (Å²) in [5.41, 5.74) is 1.22. The summed E-state index contributed by atoms with van der Waals surface area (Å²) < 4.78 is 7.52. The van der Waals surface area contributed by atoms with Crippen LogP contribution in [0.5, 0.6) is 5.75 Å². The van der Waals surface area contributed by atoms with E-state index in [9.17, 15) is 0 Å². The van der Waals surface area contributed by atoms with E-state index in [-0.39, 0.29) is 0 Å². The number of nitrogens with zero attached hydrogens (tertiary/aromatic N) is 1. The first-order valence-electron chi connectivity index (χ1n) is 7.17. The zero-order valence-electron chi connectivity index (χ0n) is 12.1. The number of benzene rings is 1. The van der Waals surface area contributed by atoms with E-state index in [2.05, 4.69) is 61.1 Å². The van der Waals surface area contributed by atoms with E-state index in [0.29, 0.717) is 6.04 Å². The molecular weight excluding hydrogens is 384 g/mol. The van der Waals surface area contributed by atoms with Crippen LogP contribution >= 0.6 is 31.9 Å². The normalized spacial score (nSPS) is 19.8. The maximum absolute atomic E-state index is 5.43. The minimum Gasteiger partial charge on any atom is -0.495 e. The number of hydrogen-bond acceptors (Lipinski definition) is 3. The lowest BCUT2D eigenvalue weighted by atomic mass is 10.1. The molecule has 0 aromatic heterocycles. The Bertz CT molecular complexity index is 454. The summed E-state index contributed by atoms with van der Waals surface area (Å²) in [5.74, 6) is 0.882. The highest BCUT2D eigenvalue weighted by atomic mass is 79.9. The van der Waals surface area contributed by atoms with Crippen molar-refractivity contribution >= 4 is 37.5 Å². The van der Waals surface area contributed by atoms with Gasteiger partial charge in [0.15, 0.2) is 0 Å². The molecule has 0 radical (unpaired) electrons. The summed E-state index contributed by atoms with van der Waals surface area (Å²) in [4.78, 5) is 2.46. The zero-order valence-corrected chi connectivity index (χ0v) is 15.3. The predicted octanol–water partition coefficient (Wildman–Crippen LogP) is 4.19. The minimum atomic E-state index is 0.573. The smallest absolute Gasteiger partial charge is 0.135 e. The van der Waals surface area contributed by atoms with Crippen LogP contribution in [0.3, 0.4) is 0 Å². The lowest BCUT2D eigenvalue weighted by Crippen LogP contribution is -2.37. The van der Waals surface area contributed by atoms with Gasteiger partial charge in [-0.3, -0.25) is 0 Å². The van der Waals surface area contributed by atoms with Gasteiger partial charge in [0.2, 0.25) is 0 Å². The molecule has 0 spiro atoms. The van der Waals surface area contributed by atoms with E-state index < -0.39 is 0 Å². The molecule has 0 saturated carbocycles. The van der Waals surface area contributed by atoms with Gasteiger partial charge in [-0.15, -0.1) is 0 Å². The number of anilines is 1.